The number of methoxy groups -OCH3 is 1. The van der Waals surface area contributed by atoms with Crippen molar-refractivity contribution >= 4 is 17.1 Å². The van der Waals surface area contributed by atoms with Crippen LogP contribution in [0.4, 0.5) is 17.1 Å². The summed E-state index contributed by atoms with van der Waals surface area (Å²) in [4.78, 5) is 0. The predicted octanol–water partition coefficient (Wildman–Crippen LogP) is 4.20. The Kier molecular flexibility index (Phi) is 4.93. The van der Waals surface area contributed by atoms with E-state index in [0.717, 1.165) is 29.3 Å². The van der Waals surface area contributed by atoms with Crippen molar-refractivity contribution in [3.63, 3.8) is 0 Å². The van der Waals surface area contributed by atoms with Crippen molar-refractivity contribution in [3.8, 4) is 11.5 Å². The molecule has 0 amide bonds. The Morgan fingerprint density at radius 1 is 1.14 bits per heavy atom. The van der Waals surface area contributed by atoms with E-state index in [1.807, 2.05) is 42.5 Å². The molecule has 0 radical (unpaired) electrons. The summed E-state index contributed by atoms with van der Waals surface area (Å²) in [6, 6.07) is 13.4. The lowest BCUT2D eigenvalue weighted by Crippen LogP contribution is -2.09. The van der Waals surface area contributed by atoms with E-state index < -0.39 is 0 Å². The molecule has 2 aromatic rings. The highest BCUT2D eigenvalue weighted by Gasteiger charge is 2.05. The van der Waals surface area contributed by atoms with Crippen LogP contribution in [0, 0.1) is 0 Å². The molecule has 0 saturated heterocycles. The van der Waals surface area contributed by atoms with Gasteiger partial charge in [0.1, 0.15) is 11.5 Å². The van der Waals surface area contributed by atoms with Crippen LogP contribution in [0.25, 0.3) is 0 Å². The molecular weight excluding hydrogens is 264 g/mol. The van der Waals surface area contributed by atoms with Crippen LogP contribution in [-0.4, -0.2) is 13.2 Å². The first-order chi connectivity index (χ1) is 10.1. The molecule has 0 aliphatic carbocycles. The topological polar surface area (TPSA) is 56.5 Å². The maximum atomic E-state index is 5.98. The third-order valence-corrected chi connectivity index (χ3v) is 3.29. The maximum Gasteiger partial charge on any atom is 0.121 e. The van der Waals surface area contributed by atoms with Gasteiger partial charge < -0.3 is 20.5 Å². The third kappa shape index (κ3) is 4.05. The Morgan fingerprint density at radius 2 is 1.95 bits per heavy atom. The first-order valence-electron chi connectivity index (χ1n) is 7.09. The van der Waals surface area contributed by atoms with Crippen LogP contribution in [0.2, 0.25) is 0 Å². The number of anilines is 3. The average molecular weight is 286 g/mol. The van der Waals surface area contributed by atoms with Gasteiger partial charge in [0.25, 0.3) is 0 Å². The number of nitrogens with one attached hydrogen (secondary N) is 1. The van der Waals surface area contributed by atoms with Gasteiger partial charge in [-0.25, -0.2) is 0 Å². The molecule has 0 spiro atoms. The Bertz CT molecular complexity index is 599. The lowest BCUT2D eigenvalue weighted by atomic mass is 10.2. The summed E-state index contributed by atoms with van der Waals surface area (Å²) < 4.78 is 11.0. The van der Waals surface area contributed by atoms with Crippen LogP contribution >= 0.6 is 0 Å². The largest absolute Gasteiger partial charge is 0.497 e. The summed E-state index contributed by atoms with van der Waals surface area (Å²) in [6.07, 6.45) is 1.17. The van der Waals surface area contributed by atoms with E-state index in [2.05, 4.69) is 19.2 Å². The maximum absolute atomic E-state index is 5.98. The Morgan fingerprint density at radius 3 is 2.67 bits per heavy atom. The highest BCUT2D eigenvalue weighted by Crippen LogP contribution is 2.29. The van der Waals surface area contributed by atoms with Crippen molar-refractivity contribution in [1.29, 1.82) is 0 Å². The predicted molar refractivity (Wildman–Crippen MR) is 87.5 cm³/mol. The summed E-state index contributed by atoms with van der Waals surface area (Å²) in [5, 5.41) is 3.29. The molecule has 4 heteroatoms. The normalized spacial score (nSPS) is 11.8. The Balaban J connectivity index is 2.18. The molecule has 0 aliphatic rings. The quantitative estimate of drug-likeness (QED) is 0.781. The Labute approximate surface area is 125 Å². The number of ether oxygens (including phenoxy) is 2. The smallest absolute Gasteiger partial charge is 0.121 e. The van der Waals surface area contributed by atoms with Gasteiger partial charge in [0.15, 0.2) is 0 Å². The van der Waals surface area contributed by atoms with E-state index in [1.54, 1.807) is 7.11 Å². The minimum Gasteiger partial charge on any atom is -0.497 e. The van der Waals surface area contributed by atoms with Crippen molar-refractivity contribution in [1.82, 2.24) is 0 Å². The van der Waals surface area contributed by atoms with Gasteiger partial charge in [-0.15, -0.1) is 0 Å². The monoisotopic (exact) mass is 286 g/mol. The minimum atomic E-state index is 0.196. The minimum absolute atomic E-state index is 0.196. The molecule has 0 fully saturated rings. The van der Waals surface area contributed by atoms with Crippen LogP contribution in [0.15, 0.2) is 42.5 Å². The molecule has 0 aliphatic heterocycles. The number of nitrogen functional groups attached to an aromatic ring is 1. The van der Waals surface area contributed by atoms with Gasteiger partial charge in [-0.2, -0.15) is 0 Å². The van der Waals surface area contributed by atoms with E-state index in [4.69, 9.17) is 15.2 Å². The molecule has 0 bridgehead atoms. The lowest BCUT2D eigenvalue weighted by Gasteiger charge is -2.15. The first-order valence-corrected chi connectivity index (χ1v) is 7.09. The van der Waals surface area contributed by atoms with E-state index in [1.165, 1.54) is 0 Å². The van der Waals surface area contributed by atoms with Crippen molar-refractivity contribution in [3.05, 3.63) is 42.5 Å². The number of rotatable bonds is 6. The van der Waals surface area contributed by atoms with Crippen LogP contribution in [0.5, 0.6) is 11.5 Å². The molecule has 0 saturated carbocycles. The van der Waals surface area contributed by atoms with Crippen molar-refractivity contribution in [2.24, 2.45) is 0 Å². The molecule has 3 N–H and O–H groups in total. The molecule has 1 atom stereocenters. The number of benzene rings is 2. The molecule has 1 unspecified atom stereocenters. The van der Waals surface area contributed by atoms with Crippen LogP contribution < -0.4 is 20.5 Å². The van der Waals surface area contributed by atoms with Gasteiger partial charge in [-0.1, -0.05) is 13.0 Å². The summed E-state index contributed by atoms with van der Waals surface area (Å²) >= 11 is 0. The van der Waals surface area contributed by atoms with Gasteiger partial charge >= 0.3 is 0 Å². The molecular formula is C17H22N2O2. The van der Waals surface area contributed by atoms with E-state index in [0.29, 0.717) is 5.69 Å². The van der Waals surface area contributed by atoms with Gasteiger partial charge in [-0.3, -0.25) is 0 Å². The molecule has 0 aromatic heterocycles. The molecule has 2 aromatic carbocycles. The fourth-order valence-electron chi connectivity index (χ4n) is 1.89. The number of nitrogens with two attached hydrogens (primary N) is 1. The molecule has 21 heavy (non-hydrogen) atoms. The second kappa shape index (κ2) is 6.88. The lowest BCUT2D eigenvalue weighted by molar-refractivity contribution is 0.217. The summed E-state index contributed by atoms with van der Waals surface area (Å²) in [5.41, 5.74) is 8.39. The molecule has 4 nitrogen and oxygen atoms in total. The number of hydrogen-bond acceptors (Lipinski definition) is 4. The summed E-state index contributed by atoms with van der Waals surface area (Å²) in [7, 11) is 1.63. The van der Waals surface area contributed by atoms with Gasteiger partial charge in [0, 0.05) is 17.8 Å². The highest BCUT2D eigenvalue weighted by atomic mass is 16.5. The first kappa shape index (κ1) is 15.0. The zero-order valence-electron chi connectivity index (χ0n) is 12.7. The second-order valence-corrected chi connectivity index (χ2v) is 4.94. The van der Waals surface area contributed by atoms with Gasteiger partial charge in [-0.05, 0) is 37.6 Å². The molecule has 2 rings (SSSR count). The zero-order chi connectivity index (χ0) is 15.2. The molecule has 112 valence electrons. The van der Waals surface area contributed by atoms with Crippen LogP contribution in [0.1, 0.15) is 20.3 Å². The average Bonchev–Trinajstić information content (AvgIpc) is 2.49. The van der Waals surface area contributed by atoms with Gasteiger partial charge in [0.2, 0.25) is 0 Å². The Hall–Kier alpha value is -2.36. The van der Waals surface area contributed by atoms with E-state index in [9.17, 15) is 0 Å². The fraction of sp³-hybridized carbons (Fsp3) is 0.294. The number of hydrogen-bond donors (Lipinski definition) is 2. The standard InChI is InChI=1S/C17H22N2O2/c1-4-12(2)21-15-7-5-6-13(10-15)19-17-11-14(20-3)8-9-16(17)18/h5-12,19H,4,18H2,1-3H3. The fourth-order valence-corrected chi connectivity index (χ4v) is 1.89. The van der Waals surface area contributed by atoms with Crippen molar-refractivity contribution in [2.75, 3.05) is 18.2 Å². The second-order valence-electron chi connectivity index (χ2n) is 4.94. The highest BCUT2D eigenvalue weighted by molar-refractivity contribution is 5.74. The third-order valence-electron chi connectivity index (χ3n) is 3.29. The molecule has 0 heterocycles. The van der Waals surface area contributed by atoms with E-state index in [-0.39, 0.29) is 6.10 Å². The summed E-state index contributed by atoms with van der Waals surface area (Å²) in [5.74, 6) is 1.61. The SMILES string of the molecule is CCC(C)Oc1cccc(Nc2cc(OC)ccc2N)c1. The zero-order valence-corrected chi connectivity index (χ0v) is 12.7. The van der Waals surface area contributed by atoms with Gasteiger partial charge in [0.05, 0.1) is 24.6 Å². The van der Waals surface area contributed by atoms with Crippen molar-refractivity contribution < 1.29 is 9.47 Å². The van der Waals surface area contributed by atoms with Crippen LogP contribution in [-0.2, 0) is 0 Å². The van der Waals surface area contributed by atoms with E-state index >= 15 is 0 Å². The van der Waals surface area contributed by atoms with Crippen molar-refractivity contribution in [2.45, 2.75) is 26.4 Å². The summed E-state index contributed by atoms with van der Waals surface area (Å²) in [6.45, 7) is 4.16. The van der Waals surface area contributed by atoms with Crippen LogP contribution in [0.3, 0.4) is 0 Å².